The van der Waals surface area contributed by atoms with E-state index >= 15 is 0 Å². The Hall–Kier alpha value is -3.39. The highest BCUT2D eigenvalue weighted by molar-refractivity contribution is 5.99. The van der Waals surface area contributed by atoms with Crippen LogP contribution in [0.25, 0.3) is 16.0 Å². The van der Waals surface area contributed by atoms with Crippen molar-refractivity contribution < 1.29 is 9.53 Å². The molecular weight excluding hydrogens is 326 g/mol. The molecule has 0 aliphatic carbocycles. The van der Waals surface area contributed by atoms with Crippen LogP contribution in [0.2, 0.25) is 0 Å². The minimum absolute atomic E-state index is 0.358. The number of pyridine rings is 1. The standard InChI is InChI=1S/C21H19N3O2/c1-14-19(17-5-7-18(22-3)8-6-17)20(21(25)26-4)15(2)24(14)13-16-9-11-23-12-10-16/h5-12H,13H2,1-2,4H3. The molecule has 0 radical (unpaired) electrons. The Morgan fingerprint density at radius 2 is 1.77 bits per heavy atom. The van der Waals surface area contributed by atoms with Gasteiger partial charge in [0.25, 0.3) is 0 Å². The van der Waals surface area contributed by atoms with Crippen LogP contribution >= 0.6 is 0 Å². The molecule has 0 unspecified atom stereocenters. The maximum Gasteiger partial charge on any atom is 0.340 e. The predicted molar refractivity (Wildman–Crippen MR) is 100 cm³/mol. The molecule has 0 aliphatic rings. The number of aromatic nitrogens is 2. The first-order valence-electron chi connectivity index (χ1n) is 8.21. The van der Waals surface area contributed by atoms with Crippen molar-refractivity contribution in [3.8, 4) is 11.1 Å². The van der Waals surface area contributed by atoms with Gasteiger partial charge in [-0.05, 0) is 37.1 Å². The van der Waals surface area contributed by atoms with Crippen LogP contribution in [0.15, 0.2) is 48.8 Å². The van der Waals surface area contributed by atoms with E-state index in [9.17, 15) is 4.79 Å². The Labute approximate surface area is 152 Å². The van der Waals surface area contributed by atoms with Gasteiger partial charge in [0.05, 0.1) is 19.2 Å². The SMILES string of the molecule is [C-]#[N+]c1ccc(-c2c(C(=O)OC)c(C)n(Cc3ccncc3)c2C)cc1. The highest BCUT2D eigenvalue weighted by atomic mass is 16.5. The van der Waals surface area contributed by atoms with E-state index in [-0.39, 0.29) is 5.97 Å². The molecule has 0 N–H and O–H groups in total. The number of hydrogen-bond donors (Lipinski definition) is 0. The smallest absolute Gasteiger partial charge is 0.340 e. The lowest BCUT2D eigenvalue weighted by atomic mass is 10.0. The number of ether oxygens (including phenoxy) is 1. The molecule has 2 heterocycles. The summed E-state index contributed by atoms with van der Waals surface area (Å²) in [5, 5.41) is 0. The number of esters is 1. The van der Waals surface area contributed by atoms with Gasteiger partial charge in [0.2, 0.25) is 0 Å². The Morgan fingerprint density at radius 3 is 2.35 bits per heavy atom. The zero-order chi connectivity index (χ0) is 18.7. The first kappa shape index (κ1) is 17.4. The average Bonchev–Trinajstić information content (AvgIpc) is 2.93. The molecule has 0 spiro atoms. The van der Waals surface area contributed by atoms with E-state index in [4.69, 9.17) is 11.3 Å². The van der Waals surface area contributed by atoms with Crippen LogP contribution in [-0.2, 0) is 11.3 Å². The van der Waals surface area contributed by atoms with Gasteiger partial charge in [-0.25, -0.2) is 9.64 Å². The Morgan fingerprint density at radius 1 is 1.12 bits per heavy atom. The van der Waals surface area contributed by atoms with Crippen molar-refractivity contribution in [2.75, 3.05) is 7.11 Å². The van der Waals surface area contributed by atoms with Gasteiger partial charge in [-0.1, -0.05) is 24.3 Å². The van der Waals surface area contributed by atoms with E-state index < -0.39 is 0 Å². The highest BCUT2D eigenvalue weighted by Gasteiger charge is 2.24. The van der Waals surface area contributed by atoms with Gasteiger partial charge in [0.1, 0.15) is 0 Å². The topological polar surface area (TPSA) is 48.5 Å². The summed E-state index contributed by atoms with van der Waals surface area (Å²) < 4.78 is 7.14. The first-order chi connectivity index (χ1) is 12.6. The summed E-state index contributed by atoms with van der Waals surface area (Å²) >= 11 is 0. The molecule has 3 aromatic rings. The number of carbonyl (C=O) groups excluding carboxylic acids is 1. The summed E-state index contributed by atoms with van der Waals surface area (Å²) in [4.78, 5) is 20.0. The molecule has 2 aromatic heterocycles. The van der Waals surface area contributed by atoms with Crippen LogP contribution in [0.1, 0.15) is 27.3 Å². The number of benzene rings is 1. The molecule has 5 nitrogen and oxygen atoms in total. The molecule has 0 saturated heterocycles. The normalized spacial score (nSPS) is 10.4. The Balaban J connectivity index is 2.17. The molecule has 5 heteroatoms. The number of nitrogens with zero attached hydrogens (tertiary/aromatic N) is 3. The molecule has 0 aliphatic heterocycles. The maximum atomic E-state index is 12.5. The highest BCUT2D eigenvalue weighted by Crippen LogP contribution is 2.34. The average molecular weight is 345 g/mol. The number of rotatable bonds is 4. The lowest BCUT2D eigenvalue weighted by molar-refractivity contribution is 0.0600. The minimum Gasteiger partial charge on any atom is -0.465 e. The van der Waals surface area contributed by atoms with Gasteiger partial charge in [-0.3, -0.25) is 4.98 Å². The number of methoxy groups -OCH3 is 1. The number of carbonyl (C=O) groups is 1. The Bertz CT molecular complexity index is 981. The summed E-state index contributed by atoms with van der Waals surface area (Å²) in [6.45, 7) is 11.7. The van der Waals surface area contributed by atoms with Crippen molar-refractivity contribution >= 4 is 11.7 Å². The molecule has 0 amide bonds. The molecule has 130 valence electrons. The third kappa shape index (κ3) is 3.09. The summed E-state index contributed by atoms with van der Waals surface area (Å²) in [6, 6.07) is 11.2. The van der Waals surface area contributed by atoms with Crippen LogP contribution in [0.4, 0.5) is 5.69 Å². The van der Waals surface area contributed by atoms with Crippen molar-refractivity contribution in [1.29, 1.82) is 0 Å². The molecule has 0 atom stereocenters. The molecule has 3 rings (SSSR count). The first-order valence-corrected chi connectivity index (χ1v) is 8.21. The maximum absolute atomic E-state index is 12.5. The molecule has 0 fully saturated rings. The van der Waals surface area contributed by atoms with Gasteiger partial charge >= 0.3 is 5.97 Å². The fraction of sp³-hybridized carbons (Fsp3) is 0.190. The van der Waals surface area contributed by atoms with Crippen LogP contribution in [0.3, 0.4) is 0 Å². The summed E-state index contributed by atoms with van der Waals surface area (Å²) in [7, 11) is 1.39. The van der Waals surface area contributed by atoms with E-state index in [0.29, 0.717) is 17.8 Å². The second-order valence-electron chi connectivity index (χ2n) is 6.01. The molecule has 0 saturated carbocycles. The monoisotopic (exact) mass is 345 g/mol. The summed E-state index contributed by atoms with van der Waals surface area (Å²) in [5.74, 6) is -0.358. The van der Waals surface area contributed by atoms with Crippen LogP contribution in [0, 0.1) is 20.4 Å². The second kappa shape index (κ2) is 7.24. The molecular formula is C21H19N3O2. The third-order valence-corrected chi connectivity index (χ3v) is 4.55. The summed E-state index contributed by atoms with van der Waals surface area (Å²) in [5.41, 5.74) is 5.82. The van der Waals surface area contributed by atoms with Crippen LogP contribution < -0.4 is 0 Å². The van der Waals surface area contributed by atoms with E-state index in [2.05, 4.69) is 14.4 Å². The van der Waals surface area contributed by atoms with E-state index in [0.717, 1.165) is 28.1 Å². The fourth-order valence-electron chi connectivity index (χ4n) is 3.20. The van der Waals surface area contributed by atoms with Crippen LogP contribution in [0.5, 0.6) is 0 Å². The zero-order valence-electron chi connectivity index (χ0n) is 15.0. The fourth-order valence-corrected chi connectivity index (χ4v) is 3.20. The quantitative estimate of drug-likeness (QED) is 0.515. The van der Waals surface area contributed by atoms with Crippen molar-refractivity contribution in [1.82, 2.24) is 9.55 Å². The van der Waals surface area contributed by atoms with Gasteiger partial charge in [-0.2, -0.15) is 0 Å². The van der Waals surface area contributed by atoms with E-state index in [1.807, 2.05) is 38.1 Å². The summed E-state index contributed by atoms with van der Waals surface area (Å²) in [6.07, 6.45) is 3.52. The Kier molecular flexibility index (Phi) is 4.85. The van der Waals surface area contributed by atoms with Crippen molar-refractivity contribution in [3.63, 3.8) is 0 Å². The van der Waals surface area contributed by atoms with E-state index in [1.54, 1.807) is 24.5 Å². The van der Waals surface area contributed by atoms with Crippen molar-refractivity contribution in [2.24, 2.45) is 0 Å². The molecule has 1 aromatic carbocycles. The largest absolute Gasteiger partial charge is 0.465 e. The van der Waals surface area contributed by atoms with Gasteiger partial charge in [0, 0.05) is 35.9 Å². The van der Waals surface area contributed by atoms with Crippen LogP contribution in [-0.4, -0.2) is 22.6 Å². The van der Waals surface area contributed by atoms with Gasteiger partial charge in [0.15, 0.2) is 5.69 Å². The minimum atomic E-state index is -0.358. The van der Waals surface area contributed by atoms with Gasteiger partial charge < -0.3 is 9.30 Å². The zero-order valence-corrected chi connectivity index (χ0v) is 15.0. The third-order valence-electron chi connectivity index (χ3n) is 4.55. The lowest BCUT2D eigenvalue weighted by Crippen LogP contribution is -2.07. The second-order valence-corrected chi connectivity index (χ2v) is 6.01. The van der Waals surface area contributed by atoms with Crippen molar-refractivity contribution in [2.45, 2.75) is 20.4 Å². The van der Waals surface area contributed by atoms with Gasteiger partial charge in [-0.15, -0.1) is 0 Å². The van der Waals surface area contributed by atoms with Crippen molar-refractivity contribution in [3.05, 3.63) is 82.7 Å². The number of hydrogen-bond acceptors (Lipinski definition) is 3. The molecule has 26 heavy (non-hydrogen) atoms. The van der Waals surface area contributed by atoms with E-state index in [1.165, 1.54) is 7.11 Å². The lowest BCUT2D eigenvalue weighted by Gasteiger charge is -2.10. The molecule has 0 bridgehead atoms. The predicted octanol–water partition coefficient (Wildman–Crippen LogP) is 4.55.